The molecule has 0 atom stereocenters. The molecule has 0 N–H and O–H groups in total. The maximum absolute atomic E-state index is 4.82. The Morgan fingerprint density at radius 1 is 0.449 bits per heavy atom. The third-order valence-electron chi connectivity index (χ3n) is 10.0. The van der Waals surface area contributed by atoms with Crippen molar-refractivity contribution in [1.29, 1.82) is 0 Å². The van der Waals surface area contributed by atoms with E-state index in [9.17, 15) is 0 Å². The number of aromatic nitrogens is 4. The number of rotatable bonds is 3. The monoisotopic (exact) mass is 642 g/mol. The molecule has 5 heteroatoms. The summed E-state index contributed by atoms with van der Waals surface area (Å²) in [5, 5.41) is 7.52. The van der Waals surface area contributed by atoms with Gasteiger partial charge in [0.1, 0.15) is 0 Å². The first-order valence-electron chi connectivity index (χ1n) is 16.5. The lowest BCUT2D eigenvalue weighted by molar-refractivity contribution is 1.15. The molecule has 0 aliphatic carbocycles. The summed E-state index contributed by atoms with van der Waals surface area (Å²) in [6, 6.07) is 52.7. The van der Waals surface area contributed by atoms with Crippen LogP contribution in [0.2, 0.25) is 0 Å². The summed E-state index contributed by atoms with van der Waals surface area (Å²) in [5.74, 6) is 0. The summed E-state index contributed by atoms with van der Waals surface area (Å²) in [5.41, 5.74) is 11.1. The average Bonchev–Trinajstić information content (AvgIpc) is 3.82. The summed E-state index contributed by atoms with van der Waals surface area (Å²) < 4.78 is 7.39. The molecule has 0 unspecified atom stereocenters. The highest BCUT2D eigenvalue weighted by Gasteiger charge is 2.21. The smallest absolute Gasteiger partial charge is 0.0907 e. The van der Waals surface area contributed by atoms with Crippen molar-refractivity contribution in [3.63, 3.8) is 0 Å². The Hall–Kier alpha value is -6.30. The van der Waals surface area contributed by atoms with Crippen LogP contribution in [0.15, 0.2) is 158 Å². The van der Waals surface area contributed by atoms with Gasteiger partial charge in [0.15, 0.2) is 0 Å². The van der Waals surface area contributed by atoms with Crippen LogP contribution in [0.1, 0.15) is 0 Å². The van der Waals surface area contributed by atoms with Crippen LogP contribution in [-0.4, -0.2) is 19.1 Å². The van der Waals surface area contributed by atoms with E-state index >= 15 is 0 Å². The molecule has 0 fully saturated rings. The SMILES string of the molecule is c1cnc2cc(-n3c4ccccc4c4ccc(-c5c(-n6c7ccccc7c7ccccc76)ccc6c5sc5ccccc56)cc43)cnc2c1. The van der Waals surface area contributed by atoms with E-state index in [1.165, 1.54) is 69.6 Å². The molecule has 0 saturated heterocycles. The molecule has 4 nitrogen and oxygen atoms in total. The molecule has 5 heterocycles. The van der Waals surface area contributed by atoms with Crippen LogP contribution >= 0.6 is 11.3 Å². The van der Waals surface area contributed by atoms with Crippen molar-refractivity contribution in [1.82, 2.24) is 19.1 Å². The highest BCUT2D eigenvalue weighted by atomic mass is 32.1. The first-order valence-corrected chi connectivity index (χ1v) is 17.3. The van der Waals surface area contributed by atoms with Crippen molar-refractivity contribution < 1.29 is 0 Å². The summed E-state index contributed by atoms with van der Waals surface area (Å²) in [6.07, 6.45) is 3.80. The molecule has 0 amide bonds. The summed E-state index contributed by atoms with van der Waals surface area (Å²) in [7, 11) is 0. The Labute approximate surface area is 284 Å². The number of fused-ring (bicyclic) bond motifs is 10. The molecule has 5 aromatic heterocycles. The lowest BCUT2D eigenvalue weighted by Crippen LogP contribution is -1.98. The molecule has 0 bridgehead atoms. The van der Waals surface area contributed by atoms with Crippen LogP contribution in [0.5, 0.6) is 0 Å². The van der Waals surface area contributed by atoms with Gasteiger partial charge in [-0.2, -0.15) is 0 Å². The van der Waals surface area contributed by atoms with Crippen molar-refractivity contribution in [3.8, 4) is 22.5 Å². The van der Waals surface area contributed by atoms with E-state index in [4.69, 9.17) is 4.98 Å². The van der Waals surface area contributed by atoms with Gasteiger partial charge in [-0.25, -0.2) is 0 Å². The number of hydrogen-bond donors (Lipinski definition) is 0. The van der Waals surface area contributed by atoms with Gasteiger partial charge in [0.25, 0.3) is 0 Å². The van der Waals surface area contributed by atoms with Gasteiger partial charge in [0.05, 0.1) is 50.7 Å². The second-order valence-electron chi connectivity index (χ2n) is 12.6. The number of benzene rings is 6. The van der Waals surface area contributed by atoms with Gasteiger partial charge < -0.3 is 9.13 Å². The molecule has 11 aromatic rings. The fraction of sp³-hybridized carbons (Fsp3) is 0. The maximum Gasteiger partial charge on any atom is 0.0907 e. The summed E-state index contributed by atoms with van der Waals surface area (Å²) in [4.78, 5) is 9.46. The molecular weight excluding hydrogens is 617 g/mol. The highest BCUT2D eigenvalue weighted by molar-refractivity contribution is 7.26. The molecular formula is C44H26N4S. The molecule has 0 radical (unpaired) electrons. The Bertz CT molecular complexity index is 3070. The zero-order chi connectivity index (χ0) is 32.1. The predicted molar refractivity (Wildman–Crippen MR) is 207 cm³/mol. The maximum atomic E-state index is 4.82. The molecule has 11 rings (SSSR count). The highest BCUT2D eigenvalue weighted by Crippen LogP contribution is 2.46. The van der Waals surface area contributed by atoms with E-state index in [0.29, 0.717) is 0 Å². The Morgan fingerprint density at radius 3 is 1.84 bits per heavy atom. The number of nitrogens with zero attached hydrogens (tertiary/aromatic N) is 4. The third kappa shape index (κ3) is 3.79. The van der Waals surface area contributed by atoms with Crippen LogP contribution < -0.4 is 0 Å². The van der Waals surface area contributed by atoms with Gasteiger partial charge in [-0.3, -0.25) is 9.97 Å². The molecule has 49 heavy (non-hydrogen) atoms. The first-order chi connectivity index (χ1) is 24.3. The number of pyridine rings is 2. The lowest BCUT2D eigenvalue weighted by Gasteiger charge is -2.16. The Kier molecular flexibility index (Phi) is 5.51. The fourth-order valence-corrected chi connectivity index (χ4v) is 9.16. The summed E-state index contributed by atoms with van der Waals surface area (Å²) >= 11 is 1.88. The van der Waals surface area contributed by atoms with Crippen LogP contribution in [0, 0.1) is 0 Å². The van der Waals surface area contributed by atoms with Gasteiger partial charge in [-0.15, -0.1) is 11.3 Å². The quantitative estimate of drug-likeness (QED) is 0.192. The van der Waals surface area contributed by atoms with Crippen molar-refractivity contribution in [3.05, 3.63) is 158 Å². The normalized spacial score (nSPS) is 12.1. The second-order valence-corrected chi connectivity index (χ2v) is 13.7. The summed E-state index contributed by atoms with van der Waals surface area (Å²) in [6.45, 7) is 0. The lowest BCUT2D eigenvalue weighted by atomic mass is 9.98. The zero-order valence-electron chi connectivity index (χ0n) is 26.2. The van der Waals surface area contributed by atoms with Crippen molar-refractivity contribution in [2.75, 3.05) is 0 Å². The molecule has 0 spiro atoms. The Balaban J connectivity index is 1.27. The Morgan fingerprint density at radius 2 is 1.08 bits per heavy atom. The zero-order valence-corrected chi connectivity index (χ0v) is 27.0. The van der Waals surface area contributed by atoms with Crippen molar-refractivity contribution in [2.45, 2.75) is 0 Å². The van der Waals surface area contributed by atoms with Gasteiger partial charge in [-0.1, -0.05) is 91.0 Å². The fourth-order valence-electron chi connectivity index (χ4n) is 7.89. The number of para-hydroxylation sites is 3. The van der Waals surface area contributed by atoms with Crippen molar-refractivity contribution >= 4 is 86.2 Å². The third-order valence-corrected chi connectivity index (χ3v) is 11.2. The average molecular weight is 643 g/mol. The number of hydrogen-bond acceptors (Lipinski definition) is 3. The van der Waals surface area contributed by atoms with E-state index in [1.807, 2.05) is 35.9 Å². The minimum absolute atomic E-state index is 0.880. The predicted octanol–water partition coefficient (Wildman–Crippen LogP) is 11.9. The molecule has 0 aliphatic rings. The van der Waals surface area contributed by atoms with Gasteiger partial charge in [-0.05, 0) is 60.2 Å². The molecule has 228 valence electrons. The molecule has 6 aromatic carbocycles. The van der Waals surface area contributed by atoms with E-state index in [0.717, 1.165) is 27.8 Å². The van der Waals surface area contributed by atoms with E-state index < -0.39 is 0 Å². The van der Waals surface area contributed by atoms with Crippen LogP contribution in [0.25, 0.3) is 97.3 Å². The van der Waals surface area contributed by atoms with E-state index in [1.54, 1.807) is 0 Å². The van der Waals surface area contributed by atoms with Crippen LogP contribution in [0.3, 0.4) is 0 Å². The minimum atomic E-state index is 0.880. The molecule has 0 saturated carbocycles. The molecule has 0 aliphatic heterocycles. The van der Waals surface area contributed by atoms with Gasteiger partial charge >= 0.3 is 0 Å². The second kappa shape index (κ2) is 10.1. The van der Waals surface area contributed by atoms with Crippen LogP contribution in [0.4, 0.5) is 0 Å². The van der Waals surface area contributed by atoms with E-state index in [2.05, 4.69) is 148 Å². The van der Waals surface area contributed by atoms with Crippen molar-refractivity contribution in [2.24, 2.45) is 0 Å². The number of thiophene rings is 1. The van der Waals surface area contributed by atoms with Crippen LogP contribution in [-0.2, 0) is 0 Å². The van der Waals surface area contributed by atoms with E-state index in [-0.39, 0.29) is 0 Å². The van der Waals surface area contributed by atoms with Gasteiger partial charge in [0.2, 0.25) is 0 Å². The van der Waals surface area contributed by atoms with Gasteiger partial charge in [0, 0.05) is 53.5 Å². The topological polar surface area (TPSA) is 35.6 Å². The largest absolute Gasteiger partial charge is 0.309 e. The first kappa shape index (κ1) is 26.7. The standard InChI is InChI=1S/C44H26N4S/c1-5-15-37-31(12-1)32-20-19-27(24-41(32)47(37)28-25-36-35(46-26-28)14-9-23-45-36)43-40(22-21-34-33-13-4-8-18-42(33)49-44(34)43)48-38-16-6-2-10-29(38)30-11-3-7-17-39(30)48/h1-26H. The minimum Gasteiger partial charge on any atom is -0.309 e.